The van der Waals surface area contributed by atoms with E-state index in [-0.39, 0.29) is 5.91 Å². The van der Waals surface area contributed by atoms with Gasteiger partial charge in [-0.1, -0.05) is 22.0 Å². The van der Waals surface area contributed by atoms with Gasteiger partial charge in [-0.25, -0.2) is 4.98 Å². The average molecular weight is 464 g/mol. The highest BCUT2D eigenvalue weighted by atomic mass is 79.9. The molecular formula is C22H18BrN5O2. The van der Waals surface area contributed by atoms with Crippen LogP contribution in [-0.2, 0) is 0 Å². The summed E-state index contributed by atoms with van der Waals surface area (Å²) in [5.41, 5.74) is 3.20. The van der Waals surface area contributed by atoms with Crippen molar-refractivity contribution in [3.8, 4) is 17.4 Å². The molecule has 2 aromatic carbocycles. The second kappa shape index (κ2) is 8.46. The zero-order valence-corrected chi connectivity index (χ0v) is 17.9. The summed E-state index contributed by atoms with van der Waals surface area (Å²) in [6.07, 6.45) is 1.72. The third-order valence-corrected chi connectivity index (χ3v) is 5.04. The molecule has 0 aliphatic heterocycles. The van der Waals surface area contributed by atoms with Gasteiger partial charge in [0.05, 0.1) is 5.69 Å². The quantitative estimate of drug-likeness (QED) is 0.445. The van der Waals surface area contributed by atoms with Gasteiger partial charge in [0.25, 0.3) is 5.91 Å². The Kier molecular flexibility index (Phi) is 5.58. The van der Waals surface area contributed by atoms with Crippen molar-refractivity contribution in [2.45, 2.75) is 13.8 Å². The molecule has 4 rings (SSSR count). The van der Waals surface area contributed by atoms with Crippen LogP contribution in [0.25, 0.3) is 5.82 Å². The standard InChI is InChI=1S/C22H18BrN5O2/c1-14-15(2)28(13-24-14)20-10-11-21(27-26-20)30-19-8-6-18(7-9-19)25-22(29)16-4-3-5-17(23)12-16/h3-13H,1-2H3,(H,25,29). The molecule has 2 heterocycles. The molecule has 1 amide bonds. The molecule has 0 atom stereocenters. The molecule has 4 aromatic rings. The first-order chi connectivity index (χ1) is 14.5. The number of ether oxygens (including phenoxy) is 1. The van der Waals surface area contributed by atoms with Gasteiger partial charge in [-0.05, 0) is 62.4 Å². The van der Waals surface area contributed by atoms with Crippen molar-refractivity contribution in [1.82, 2.24) is 19.7 Å². The number of carbonyl (C=O) groups is 1. The highest BCUT2D eigenvalue weighted by molar-refractivity contribution is 9.10. The van der Waals surface area contributed by atoms with Crippen molar-refractivity contribution in [2.75, 3.05) is 5.32 Å². The number of aromatic nitrogens is 4. The first-order valence-corrected chi connectivity index (χ1v) is 9.98. The summed E-state index contributed by atoms with van der Waals surface area (Å²) >= 11 is 3.37. The molecule has 0 fully saturated rings. The summed E-state index contributed by atoms with van der Waals surface area (Å²) < 4.78 is 8.47. The van der Waals surface area contributed by atoms with Gasteiger partial charge < -0.3 is 10.1 Å². The fourth-order valence-electron chi connectivity index (χ4n) is 2.79. The monoisotopic (exact) mass is 463 g/mol. The van der Waals surface area contributed by atoms with E-state index in [0.29, 0.717) is 28.7 Å². The lowest BCUT2D eigenvalue weighted by molar-refractivity contribution is 0.102. The minimum atomic E-state index is -0.184. The predicted octanol–water partition coefficient (Wildman–Crippen LogP) is 5.09. The topological polar surface area (TPSA) is 81.9 Å². The lowest BCUT2D eigenvalue weighted by atomic mass is 10.2. The normalized spacial score (nSPS) is 10.6. The Labute approximate surface area is 181 Å². The second-order valence-electron chi connectivity index (χ2n) is 6.61. The number of nitrogens with one attached hydrogen (secondary N) is 1. The first-order valence-electron chi connectivity index (χ1n) is 9.19. The molecule has 0 aliphatic rings. The van der Waals surface area contributed by atoms with Gasteiger partial charge in [0.2, 0.25) is 5.88 Å². The van der Waals surface area contributed by atoms with E-state index in [1.165, 1.54) is 0 Å². The van der Waals surface area contributed by atoms with Crippen LogP contribution < -0.4 is 10.1 Å². The predicted molar refractivity (Wildman–Crippen MR) is 117 cm³/mol. The van der Waals surface area contributed by atoms with Crippen LogP contribution in [0.4, 0.5) is 5.69 Å². The zero-order chi connectivity index (χ0) is 21.1. The van der Waals surface area contributed by atoms with Crippen LogP contribution in [0, 0.1) is 13.8 Å². The summed E-state index contributed by atoms with van der Waals surface area (Å²) in [7, 11) is 0. The van der Waals surface area contributed by atoms with E-state index in [1.807, 2.05) is 36.6 Å². The lowest BCUT2D eigenvalue weighted by Crippen LogP contribution is -2.11. The third-order valence-electron chi connectivity index (χ3n) is 4.55. The molecule has 0 spiro atoms. The van der Waals surface area contributed by atoms with E-state index >= 15 is 0 Å². The van der Waals surface area contributed by atoms with Crippen molar-refractivity contribution < 1.29 is 9.53 Å². The van der Waals surface area contributed by atoms with Crippen LogP contribution in [0.1, 0.15) is 21.7 Å². The zero-order valence-electron chi connectivity index (χ0n) is 16.3. The highest BCUT2D eigenvalue weighted by Gasteiger charge is 2.09. The van der Waals surface area contributed by atoms with E-state index in [9.17, 15) is 4.79 Å². The number of halogens is 1. The molecule has 1 N–H and O–H groups in total. The number of amides is 1. The third kappa shape index (κ3) is 4.38. The Bertz CT molecular complexity index is 1190. The summed E-state index contributed by atoms with van der Waals surface area (Å²) in [6.45, 7) is 3.92. The number of carbonyl (C=O) groups excluding carboxylic acids is 1. The fourth-order valence-corrected chi connectivity index (χ4v) is 3.18. The summed E-state index contributed by atoms with van der Waals surface area (Å²) in [6, 6.07) is 17.8. The van der Waals surface area contributed by atoms with Crippen LogP contribution in [0.15, 0.2) is 71.5 Å². The van der Waals surface area contributed by atoms with Crippen molar-refractivity contribution in [1.29, 1.82) is 0 Å². The van der Waals surface area contributed by atoms with E-state index in [1.54, 1.807) is 48.8 Å². The fraction of sp³-hybridized carbons (Fsp3) is 0.0909. The Balaban J connectivity index is 1.41. The van der Waals surface area contributed by atoms with Crippen LogP contribution in [0.2, 0.25) is 0 Å². The minimum absolute atomic E-state index is 0.184. The second-order valence-corrected chi connectivity index (χ2v) is 7.52. The number of hydrogen-bond donors (Lipinski definition) is 1. The van der Waals surface area contributed by atoms with Crippen molar-refractivity contribution in [2.24, 2.45) is 0 Å². The molecule has 0 aliphatic carbocycles. The summed E-state index contributed by atoms with van der Waals surface area (Å²) in [4.78, 5) is 16.6. The molecular weight excluding hydrogens is 446 g/mol. The van der Waals surface area contributed by atoms with Crippen molar-refractivity contribution in [3.05, 3.63) is 88.4 Å². The van der Waals surface area contributed by atoms with Crippen LogP contribution in [0.3, 0.4) is 0 Å². The van der Waals surface area contributed by atoms with Gasteiger partial charge in [0.1, 0.15) is 12.1 Å². The molecule has 150 valence electrons. The van der Waals surface area contributed by atoms with Crippen LogP contribution in [-0.4, -0.2) is 25.7 Å². The van der Waals surface area contributed by atoms with Crippen LogP contribution >= 0.6 is 15.9 Å². The number of anilines is 1. The SMILES string of the molecule is Cc1ncn(-c2ccc(Oc3ccc(NC(=O)c4cccc(Br)c4)cc3)nn2)c1C. The maximum Gasteiger partial charge on any atom is 0.255 e. The Morgan fingerprint density at radius 3 is 2.47 bits per heavy atom. The number of aryl methyl sites for hydroxylation is 1. The van der Waals surface area contributed by atoms with Crippen LogP contribution in [0.5, 0.6) is 11.6 Å². The summed E-state index contributed by atoms with van der Waals surface area (Å²) in [5, 5.41) is 11.2. The average Bonchev–Trinajstić information content (AvgIpc) is 3.08. The molecule has 0 saturated carbocycles. The van der Waals surface area contributed by atoms with Crippen molar-refractivity contribution >= 4 is 27.5 Å². The number of imidazole rings is 1. The molecule has 0 saturated heterocycles. The number of rotatable bonds is 5. The van der Waals surface area contributed by atoms with Gasteiger partial charge >= 0.3 is 0 Å². The maximum atomic E-state index is 12.3. The molecule has 30 heavy (non-hydrogen) atoms. The molecule has 0 bridgehead atoms. The Hall–Kier alpha value is -3.52. The molecule has 0 radical (unpaired) electrons. The molecule has 8 heteroatoms. The highest BCUT2D eigenvalue weighted by Crippen LogP contribution is 2.22. The number of nitrogens with zero attached hydrogens (tertiary/aromatic N) is 4. The van der Waals surface area contributed by atoms with E-state index < -0.39 is 0 Å². The largest absolute Gasteiger partial charge is 0.438 e. The van der Waals surface area contributed by atoms with Crippen molar-refractivity contribution in [3.63, 3.8) is 0 Å². The van der Waals surface area contributed by atoms with Gasteiger partial charge in [0.15, 0.2) is 5.82 Å². The van der Waals surface area contributed by atoms with Gasteiger partial charge in [-0.15, -0.1) is 10.2 Å². The summed E-state index contributed by atoms with van der Waals surface area (Å²) in [5.74, 6) is 1.45. The van der Waals surface area contributed by atoms with Gasteiger partial charge in [-0.2, -0.15) is 0 Å². The maximum absolute atomic E-state index is 12.3. The smallest absolute Gasteiger partial charge is 0.255 e. The number of hydrogen-bond acceptors (Lipinski definition) is 5. The minimum Gasteiger partial charge on any atom is -0.438 e. The van der Waals surface area contributed by atoms with Gasteiger partial charge in [-0.3, -0.25) is 9.36 Å². The van der Waals surface area contributed by atoms with E-state index in [2.05, 4.69) is 36.4 Å². The Morgan fingerprint density at radius 1 is 1.03 bits per heavy atom. The van der Waals surface area contributed by atoms with E-state index in [0.717, 1.165) is 15.9 Å². The Morgan fingerprint density at radius 2 is 1.83 bits per heavy atom. The molecule has 0 unspecified atom stereocenters. The van der Waals surface area contributed by atoms with Gasteiger partial charge in [0, 0.05) is 27.5 Å². The molecule has 7 nitrogen and oxygen atoms in total. The van der Waals surface area contributed by atoms with E-state index in [4.69, 9.17) is 4.74 Å². The first kappa shape index (κ1) is 19.8. The number of benzene rings is 2. The molecule has 2 aromatic heterocycles. The lowest BCUT2D eigenvalue weighted by Gasteiger charge is -2.08.